The first kappa shape index (κ1) is 17.6. The number of hydrogen-bond acceptors (Lipinski definition) is 3. The van der Waals surface area contributed by atoms with Crippen LogP contribution in [-0.2, 0) is 6.54 Å². The Balaban J connectivity index is 0.00000144. The van der Waals surface area contributed by atoms with Gasteiger partial charge in [-0.05, 0) is 20.0 Å². The van der Waals surface area contributed by atoms with Gasteiger partial charge < -0.3 is 5.32 Å². The fraction of sp³-hybridized carbons (Fsp3) is 0.700. The summed E-state index contributed by atoms with van der Waals surface area (Å²) in [5.74, 6) is 0.421. The van der Waals surface area contributed by atoms with E-state index >= 15 is 0 Å². The summed E-state index contributed by atoms with van der Waals surface area (Å²) in [6.07, 6.45) is 3.80. The number of alkyl halides is 2. The third kappa shape index (κ3) is 4.05. The number of nitrogens with zero attached hydrogens (tertiary/aromatic N) is 3. The number of rotatable bonds is 4. The maximum atomic E-state index is 12.6. The van der Waals surface area contributed by atoms with E-state index in [1.807, 2.05) is 7.05 Å². The average Bonchev–Trinajstić information content (AvgIpc) is 2.86. The van der Waals surface area contributed by atoms with Gasteiger partial charge in [-0.25, -0.2) is 4.98 Å². The first-order chi connectivity index (χ1) is 7.68. The summed E-state index contributed by atoms with van der Waals surface area (Å²) >= 11 is 0. The highest BCUT2D eigenvalue weighted by molar-refractivity contribution is 5.85. The Hall–Kier alpha value is -0.430. The normalized spacial score (nSPS) is 18.8. The molecule has 18 heavy (non-hydrogen) atoms. The first-order valence-electron chi connectivity index (χ1n) is 5.39. The zero-order valence-corrected chi connectivity index (χ0v) is 11.7. The molecule has 106 valence electrons. The van der Waals surface area contributed by atoms with Crippen molar-refractivity contribution in [2.45, 2.75) is 25.6 Å². The van der Waals surface area contributed by atoms with E-state index in [9.17, 15) is 8.78 Å². The zero-order chi connectivity index (χ0) is 11.5. The van der Waals surface area contributed by atoms with E-state index in [2.05, 4.69) is 15.2 Å². The Morgan fingerprint density at radius 3 is 2.83 bits per heavy atom. The minimum absolute atomic E-state index is 0. The van der Waals surface area contributed by atoms with Gasteiger partial charge in [0.15, 0.2) is 0 Å². The fourth-order valence-electron chi connectivity index (χ4n) is 2.01. The van der Waals surface area contributed by atoms with Crippen LogP contribution < -0.4 is 5.32 Å². The molecule has 2 heterocycles. The van der Waals surface area contributed by atoms with Gasteiger partial charge in [0.1, 0.15) is 5.82 Å². The van der Waals surface area contributed by atoms with Gasteiger partial charge in [-0.1, -0.05) is 0 Å². The van der Waals surface area contributed by atoms with Crippen LogP contribution in [0.1, 0.15) is 18.8 Å². The number of likely N-dealkylation sites (N-methyl/N-ethyl adjacent to an activating group) is 1. The van der Waals surface area contributed by atoms with Crippen molar-refractivity contribution in [3.05, 3.63) is 18.2 Å². The molecule has 0 saturated carbocycles. The maximum absolute atomic E-state index is 12.6. The van der Waals surface area contributed by atoms with Gasteiger partial charge >= 0.3 is 6.55 Å². The number of hydrogen-bond donors (Lipinski definition) is 1. The van der Waals surface area contributed by atoms with E-state index in [0.29, 0.717) is 18.4 Å². The minimum Gasteiger partial charge on any atom is -0.315 e. The van der Waals surface area contributed by atoms with E-state index in [0.717, 1.165) is 24.1 Å². The molecule has 8 heteroatoms. The van der Waals surface area contributed by atoms with E-state index in [-0.39, 0.29) is 24.8 Å². The van der Waals surface area contributed by atoms with Crippen molar-refractivity contribution in [1.82, 2.24) is 19.8 Å². The summed E-state index contributed by atoms with van der Waals surface area (Å²) in [6, 6.07) is 0.419. The van der Waals surface area contributed by atoms with Crippen molar-refractivity contribution < 1.29 is 8.78 Å². The molecule has 1 atom stereocenters. The molecule has 1 aromatic rings. The third-order valence-corrected chi connectivity index (χ3v) is 3.01. The van der Waals surface area contributed by atoms with Gasteiger partial charge in [-0.3, -0.25) is 9.47 Å². The second-order valence-electron chi connectivity index (χ2n) is 4.09. The largest absolute Gasteiger partial charge is 0.319 e. The van der Waals surface area contributed by atoms with E-state index in [4.69, 9.17) is 0 Å². The molecule has 1 aromatic heterocycles. The highest BCUT2D eigenvalue weighted by atomic mass is 35.5. The van der Waals surface area contributed by atoms with Crippen molar-refractivity contribution in [3.63, 3.8) is 0 Å². The highest BCUT2D eigenvalue weighted by Crippen LogP contribution is 2.15. The molecule has 1 saturated heterocycles. The lowest BCUT2D eigenvalue weighted by atomic mass is 10.2. The standard InChI is InChI=1S/C10H16F2N4.2ClH/c1-15(8-2-3-13-6-8)7-9-14-4-5-16(9)10(11)12;;/h4-5,8,10,13H,2-3,6-7H2,1H3;2*1H. The second-order valence-corrected chi connectivity index (χ2v) is 4.09. The molecule has 1 unspecified atom stereocenters. The van der Waals surface area contributed by atoms with Crippen LogP contribution in [0.25, 0.3) is 0 Å². The molecule has 0 radical (unpaired) electrons. The Morgan fingerprint density at radius 1 is 1.56 bits per heavy atom. The Bertz CT molecular complexity index is 342. The summed E-state index contributed by atoms with van der Waals surface area (Å²) < 4.78 is 26.1. The topological polar surface area (TPSA) is 33.1 Å². The van der Waals surface area contributed by atoms with Crippen LogP contribution in [0.2, 0.25) is 0 Å². The molecule has 1 N–H and O–H groups in total. The first-order valence-corrected chi connectivity index (χ1v) is 5.39. The van der Waals surface area contributed by atoms with Crippen molar-refractivity contribution in [1.29, 1.82) is 0 Å². The maximum Gasteiger partial charge on any atom is 0.319 e. The lowest BCUT2D eigenvalue weighted by Crippen LogP contribution is -2.33. The molecule has 0 bridgehead atoms. The number of aromatic nitrogens is 2. The predicted octanol–water partition coefficient (Wildman–Crippen LogP) is 1.92. The van der Waals surface area contributed by atoms with Crippen LogP contribution in [0.3, 0.4) is 0 Å². The summed E-state index contributed by atoms with van der Waals surface area (Å²) in [6.45, 7) is -0.124. The highest BCUT2D eigenvalue weighted by Gasteiger charge is 2.21. The fourth-order valence-corrected chi connectivity index (χ4v) is 2.01. The van der Waals surface area contributed by atoms with Crippen molar-refractivity contribution in [3.8, 4) is 0 Å². The van der Waals surface area contributed by atoms with Gasteiger partial charge in [0.05, 0.1) is 6.54 Å². The van der Waals surface area contributed by atoms with E-state index in [1.165, 1.54) is 12.4 Å². The van der Waals surface area contributed by atoms with Crippen LogP contribution >= 0.6 is 24.8 Å². The van der Waals surface area contributed by atoms with E-state index < -0.39 is 6.55 Å². The average molecular weight is 303 g/mol. The number of nitrogens with one attached hydrogen (secondary N) is 1. The summed E-state index contributed by atoms with van der Waals surface area (Å²) in [7, 11) is 1.95. The van der Waals surface area contributed by atoms with Gasteiger partial charge in [0.25, 0.3) is 0 Å². The molecule has 1 fully saturated rings. The zero-order valence-electron chi connectivity index (χ0n) is 10.1. The Labute approximate surface area is 118 Å². The van der Waals surface area contributed by atoms with Crippen LogP contribution in [0.4, 0.5) is 8.78 Å². The second kappa shape index (κ2) is 7.89. The monoisotopic (exact) mass is 302 g/mol. The summed E-state index contributed by atoms with van der Waals surface area (Å²) in [5, 5.41) is 3.25. The Kier molecular flexibility index (Phi) is 7.70. The lowest BCUT2D eigenvalue weighted by molar-refractivity contribution is 0.0636. The molecule has 0 aromatic carbocycles. The van der Waals surface area contributed by atoms with E-state index in [1.54, 1.807) is 0 Å². The SMILES string of the molecule is CN(Cc1nccn1C(F)F)C1CCNC1.Cl.Cl. The molecule has 0 aliphatic carbocycles. The van der Waals surface area contributed by atoms with Gasteiger partial charge in [-0.15, -0.1) is 24.8 Å². The minimum atomic E-state index is -2.51. The summed E-state index contributed by atoms with van der Waals surface area (Å²) in [5.41, 5.74) is 0. The smallest absolute Gasteiger partial charge is 0.315 e. The van der Waals surface area contributed by atoms with Crippen molar-refractivity contribution in [2.75, 3.05) is 20.1 Å². The number of halogens is 4. The lowest BCUT2D eigenvalue weighted by Gasteiger charge is -2.23. The quantitative estimate of drug-likeness (QED) is 0.922. The third-order valence-electron chi connectivity index (χ3n) is 3.01. The van der Waals surface area contributed by atoms with Crippen LogP contribution in [-0.4, -0.2) is 40.6 Å². The van der Waals surface area contributed by atoms with Crippen molar-refractivity contribution in [2.24, 2.45) is 0 Å². The van der Waals surface area contributed by atoms with Gasteiger partial charge in [-0.2, -0.15) is 8.78 Å². The molecule has 4 nitrogen and oxygen atoms in total. The molecular formula is C10H18Cl2F2N4. The van der Waals surface area contributed by atoms with Crippen LogP contribution in [0, 0.1) is 0 Å². The molecule has 0 spiro atoms. The van der Waals surface area contributed by atoms with Crippen LogP contribution in [0.15, 0.2) is 12.4 Å². The molecule has 1 aliphatic heterocycles. The molecule has 1 aliphatic rings. The number of imidazole rings is 1. The summed E-state index contributed by atoms with van der Waals surface area (Å²) in [4.78, 5) is 6.04. The molecular weight excluding hydrogens is 285 g/mol. The predicted molar refractivity (Wildman–Crippen MR) is 70.7 cm³/mol. The van der Waals surface area contributed by atoms with Gasteiger partial charge in [0, 0.05) is 25.0 Å². The van der Waals surface area contributed by atoms with Crippen molar-refractivity contribution >= 4 is 24.8 Å². The van der Waals surface area contributed by atoms with Crippen LogP contribution in [0.5, 0.6) is 0 Å². The molecule has 2 rings (SSSR count). The Morgan fingerprint density at radius 2 is 2.28 bits per heavy atom. The van der Waals surface area contributed by atoms with Gasteiger partial charge in [0.2, 0.25) is 0 Å². The molecule has 0 amide bonds.